The Bertz CT molecular complexity index is 300. The van der Waals surface area contributed by atoms with E-state index in [1.165, 1.54) is 12.1 Å². The lowest BCUT2D eigenvalue weighted by Gasteiger charge is -2.06. The molecule has 1 atom stereocenters. The minimum absolute atomic E-state index is 0.203. The molecule has 0 saturated carbocycles. The van der Waals surface area contributed by atoms with Crippen LogP contribution in [0.5, 0.6) is 0 Å². The van der Waals surface area contributed by atoms with Gasteiger partial charge in [0.15, 0.2) is 0 Å². The first-order chi connectivity index (χ1) is 6.26. The van der Waals surface area contributed by atoms with Crippen LogP contribution >= 0.6 is 0 Å². The lowest BCUT2D eigenvalue weighted by molar-refractivity contribution is 0.624. The summed E-state index contributed by atoms with van der Waals surface area (Å²) in [6, 6.07) is 8.09. The molecule has 1 aromatic carbocycles. The summed E-state index contributed by atoms with van der Waals surface area (Å²) in [7, 11) is 1.73. The second-order valence-corrected chi connectivity index (χ2v) is 2.80. The molecule has 0 heterocycles. The van der Waals surface area contributed by atoms with E-state index in [1.54, 1.807) is 19.2 Å². The van der Waals surface area contributed by atoms with Gasteiger partial charge in [0.25, 0.3) is 0 Å². The van der Waals surface area contributed by atoms with E-state index in [2.05, 4.69) is 11.4 Å². The summed E-state index contributed by atoms with van der Waals surface area (Å²) in [4.78, 5) is 0. The van der Waals surface area contributed by atoms with Gasteiger partial charge in [0, 0.05) is 6.42 Å². The number of nitriles is 1. The highest BCUT2D eigenvalue weighted by molar-refractivity contribution is 5.18. The van der Waals surface area contributed by atoms with Crippen molar-refractivity contribution in [2.24, 2.45) is 0 Å². The molecule has 0 fully saturated rings. The first-order valence-corrected chi connectivity index (χ1v) is 4.07. The monoisotopic (exact) mass is 178 g/mol. The molecule has 0 saturated heterocycles. The van der Waals surface area contributed by atoms with Crippen molar-refractivity contribution in [3.8, 4) is 6.07 Å². The van der Waals surface area contributed by atoms with Crippen LogP contribution in [0.1, 0.15) is 5.56 Å². The molecule has 0 amide bonds. The van der Waals surface area contributed by atoms with Crippen molar-refractivity contribution in [2.45, 2.75) is 12.5 Å². The molecule has 0 aliphatic carbocycles. The van der Waals surface area contributed by atoms with Gasteiger partial charge in [0.1, 0.15) is 5.82 Å². The van der Waals surface area contributed by atoms with Crippen LogP contribution in [0.15, 0.2) is 24.3 Å². The Morgan fingerprint density at radius 3 is 2.54 bits per heavy atom. The molecular formula is C10H11FN2. The molecule has 1 N–H and O–H groups in total. The first kappa shape index (κ1) is 9.69. The number of benzene rings is 1. The van der Waals surface area contributed by atoms with Crippen LogP contribution in [0.3, 0.4) is 0 Å². The van der Waals surface area contributed by atoms with Gasteiger partial charge in [0.2, 0.25) is 0 Å². The molecule has 3 heteroatoms. The third-order valence-corrected chi connectivity index (χ3v) is 1.86. The summed E-state index contributed by atoms with van der Waals surface area (Å²) < 4.78 is 12.5. The molecule has 1 unspecified atom stereocenters. The zero-order valence-corrected chi connectivity index (χ0v) is 7.42. The van der Waals surface area contributed by atoms with Crippen LogP contribution in [0.4, 0.5) is 4.39 Å². The van der Waals surface area contributed by atoms with E-state index >= 15 is 0 Å². The second kappa shape index (κ2) is 4.58. The van der Waals surface area contributed by atoms with Gasteiger partial charge in [-0.3, -0.25) is 0 Å². The van der Waals surface area contributed by atoms with E-state index in [0.717, 1.165) is 5.56 Å². The third kappa shape index (κ3) is 2.85. The molecule has 0 radical (unpaired) electrons. The van der Waals surface area contributed by atoms with Gasteiger partial charge in [0.05, 0.1) is 12.1 Å². The fraction of sp³-hybridized carbons (Fsp3) is 0.300. The molecule has 0 bridgehead atoms. The molecule has 1 rings (SSSR count). The highest BCUT2D eigenvalue weighted by Crippen LogP contribution is 2.05. The summed E-state index contributed by atoms with van der Waals surface area (Å²) in [6.07, 6.45) is 0.604. The van der Waals surface area contributed by atoms with E-state index in [-0.39, 0.29) is 11.9 Å². The van der Waals surface area contributed by atoms with Crippen LogP contribution in [0, 0.1) is 17.1 Å². The standard InChI is InChI=1S/C10H11FN2/c1-13-10(7-12)6-8-2-4-9(11)5-3-8/h2-5,10,13H,6H2,1H3. The van der Waals surface area contributed by atoms with E-state index in [4.69, 9.17) is 5.26 Å². The number of likely N-dealkylation sites (N-methyl/N-ethyl adjacent to an activating group) is 1. The number of nitrogens with one attached hydrogen (secondary N) is 1. The SMILES string of the molecule is CNC(C#N)Cc1ccc(F)cc1. The van der Waals surface area contributed by atoms with Gasteiger partial charge < -0.3 is 5.32 Å². The second-order valence-electron chi connectivity index (χ2n) is 2.80. The molecule has 0 spiro atoms. The predicted octanol–water partition coefficient (Wildman–Crippen LogP) is 1.48. The van der Waals surface area contributed by atoms with Crippen molar-refractivity contribution in [1.29, 1.82) is 5.26 Å². The molecule has 0 aliphatic rings. The Hall–Kier alpha value is -1.40. The van der Waals surface area contributed by atoms with Crippen LogP contribution in [0.25, 0.3) is 0 Å². The largest absolute Gasteiger partial charge is 0.305 e. The van der Waals surface area contributed by atoms with E-state index in [0.29, 0.717) is 6.42 Å². The lowest BCUT2D eigenvalue weighted by atomic mass is 10.1. The molecule has 2 nitrogen and oxygen atoms in total. The minimum atomic E-state index is -0.248. The molecule has 0 aliphatic heterocycles. The molecule has 1 aromatic rings. The average Bonchev–Trinajstić information content (AvgIpc) is 2.17. The average molecular weight is 178 g/mol. The van der Waals surface area contributed by atoms with Crippen molar-refractivity contribution in [3.05, 3.63) is 35.6 Å². The molecule has 68 valence electrons. The number of hydrogen-bond donors (Lipinski definition) is 1. The number of nitrogens with zero attached hydrogens (tertiary/aromatic N) is 1. The normalized spacial score (nSPS) is 12.1. The zero-order chi connectivity index (χ0) is 9.68. The number of rotatable bonds is 3. The van der Waals surface area contributed by atoms with Gasteiger partial charge in [-0.05, 0) is 24.7 Å². The van der Waals surface area contributed by atoms with E-state index in [1.807, 2.05) is 0 Å². The summed E-state index contributed by atoms with van der Waals surface area (Å²) in [5, 5.41) is 11.5. The van der Waals surface area contributed by atoms with Crippen molar-refractivity contribution in [1.82, 2.24) is 5.32 Å². The smallest absolute Gasteiger partial charge is 0.123 e. The van der Waals surface area contributed by atoms with E-state index < -0.39 is 0 Å². The van der Waals surface area contributed by atoms with Gasteiger partial charge in [-0.2, -0.15) is 5.26 Å². The van der Waals surface area contributed by atoms with Crippen LogP contribution < -0.4 is 5.32 Å². The summed E-state index contributed by atoms with van der Waals surface area (Å²) >= 11 is 0. The summed E-state index contributed by atoms with van der Waals surface area (Å²) in [5.74, 6) is -0.248. The summed E-state index contributed by atoms with van der Waals surface area (Å²) in [6.45, 7) is 0. The first-order valence-electron chi connectivity index (χ1n) is 4.07. The maximum absolute atomic E-state index is 12.5. The zero-order valence-electron chi connectivity index (χ0n) is 7.42. The Labute approximate surface area is 77.0 Å². The fourth-order valence-electron chi connectivity index (χ4n) is 1.07. The van der Waals surface area contributed by atoms with Crippen molar-refractivity contribution in [3.63, 3.8) is 0 Å². The third-order valence-electron chi connectivity index (χ3n) is 1.86. The maximum Gasteiger partial charge on any atom is 0.123 e. The van der Waals surface area contributed by atoms with Crippen molar-refractivity contribution >= 4 is 0 Å². The predicted molar refractivity (Wildman–Crippen MR) is 48.6 cm³/mol. The minimum Gasteiger partial charge on any atom is -0.305 e. The molecule has 13 heavy (non-hydrogen) atoms. The van der Waals surface area contributed by atoms with Crippen LogP contribution in [-0.4, -0.2) is 13.1 Å². The highest BCUT2D eigenvalue weighted by atomic mass is 19.1. The van der Waals surface area contributed by atoms with Crippen molar-refractivity contribution < 1.29 is 4.39 Å². The lowest BCUT2D eigenvalue weighted by Crippen LogP contribution is -2.25. The molecule has 0 aromatic heterocycles. The Morgan fingerprint density at radius 2 is 2.08 bits per heavy atom. The summed E-state index contributed by atoms with van der Waals surface area (Å²) in [5.41, 5.74) is 0.960. The Kier molecular flexibility index (Phi) is 3.41. The Morgan fingerprint density at radius 1 is 1.46 bits per heavy atom. The van der Waals surface area contributed by atoms with Gasteiger partial charge in [-0.15, -0.1) is 0 Å². The van der Waals surface area contributed by atoms with Crippen LogP contribution in [-0.2, 0) is 6.42 Å². The highest BCUT2D eigenvalue weighted by Gasteiger charge is 2.04. The van der Waals surface area contributed by atoms with E-state index in [9.17, 15) is 4.39 Å². The fourth-order valence-corrected chi connectivity index (χ4v) is 1.07. The van der Waals surface area contributed by atoms with Gasteiger partial charge >= 0.3 is 0 Å². The maximum atomic E-state index is 12.5. The quantitative estimate of drug-likeness (QED) is 0.761. The number of hydrogen-bond acceptors (Lipinski definition) is 2. The van der Waals surface area contributed by atoms with Crippen LogP contribution in [0.2, 0.25) is 0 Å². The topological polar surface area (TPSA) is 35.8 Å². The van der Waals surface area contributed by atoms with Crippen molar-refractivity contribution in [2.75, 3.05) is 7.05 Å². The molecular weight excluding hydrogens is 167 g/mol. The number of halogens is 1. The van der Waals surface area contributed by atoms with Gasteiger partial charge in [-0.1, -0.05) is 12.1 Å². The van der Waals surface area contributed by atoms with Gasteiger partial charge in [-0.25, -0.2) is 4.39 Å². The Balaban J connectivity index is 2.64.